The van der Waals surface area contributed by atoms with Gasteiger partial charge in [-0.2, -0.15) is 0 Å². The second-order valence-electron chi connectivity index (χ2n) is 10.4. The molecule has 0 saturated heterocycles. The minimum absolute atomic E-state index is 0.0683. The summed E-state index contributed by atoms with van der Waals surface area (Å²) in [6.45, 7) is 0.113. The van der Waals surface area contributed by atoms with Crippen LogP contribution in [0.3, 0.4) is 0 Å². The summed E-state index contributed by atoms with van der Waals surface area (Å²) in [6.07, 6.45) is -3.39. The number of amides is 3. The smallest absolute Gasteiger partial charge is 0.418 e. The van der Waals surface area contributed by atoms with Crippen LogP contribution in [0.1, 0.15) is 36.5 Å². The number of carboxylic acids is 1. The number of imide groups is 1. The van der Waals surface area contributed by atoms with Gasteiger partial charge in [0.05, 0.1) is 6.04 Å². The van der Waals surface area contributed by atoms with Gasteiger partial charge in [0.15, 0.2) is 11.7 Å². The molecule has 6 N–H and O–H groups in total. The number of nitrogens with one attached hydrogen (secondary N) is 1. The third-order valence-corrected chi connectivity index (χ3v) is 7.18. The average molecular weight is 632 g/mol. The van der Waals surface area contributed by atoms with Crippen molar-refractivity contribution in [2.45, 2.75) is 51.0 Å². The number of carboxylic acid groups (broad SMARTS) is 1. The van der Waals surface area contributed by atoms with E-state index in [-0.39, 0.29) is 37.5 Å². The summed E-state index contributed by atoms with van der Waals surface area (Å²) < 4.78 is 10.6. The Labute approximate surface area is 266 Å². The highest BCUT2D eigenvalue weighted by Gasteiger charge is 2.55. The van der Waals surface area contributed by atoms with Crippen LogP contribution in [0, 0.1) is 5.41 Å². The molecule has 0 aromatic heterocycles. The van der Waals surface area contributed by atoms with Gasteiger partial charge < -0.3 is 26.0 Å². The number of Topliss-reactive ketones (excluding diaryl/α,β-unsaturated/α-hetero) is 1. The van der Waals surface area contributed by atoms with Crippen LogP contribution >= 0.6 is 0 Å². The molecular weight excluding hydrogens is 594 g/mol. The van der Waals surface area contributed by atoms with E-state index in [1.807, 2.05) is 0 Å². The molecule has 3 aromatic rings. The Balaban J connectivity index is 1.89. The van der Waals surface area contributed by atoms with Crippen molar-refractivity contribution in [3.63, 3.8) is 0 Å². The number of carbonyl (C=O) groups excluding carboxylic acids is 4. The Morgan fingerprint density at radius 3 is 1.70 bits per heavy atom. The Morgan fingerprint density at radius 2 is 1.26 bits per heavy atom. The van der Waals surface area contributed by atoms with Gasteiger partial charge in [0.2, 0.25) is 5.54 Å². The van der Waals surface area contributed by atoms with Gasteiger partial charge in [-0.15, -0.1) is 0 Å². The summed E-state index contributed by atoms with van der Waals surface area (Å²) in [4.78, 5) is 67.3. The molecule has 3 amide bonds. The fourth-order valence-corrected chi connectivity index (χ4v) is 4.74. The van der Waals surface area contributed by atoms with Crippen molar-refractivity contribution in [1.29, 1.82) is 5.41 Å². The van der Waals surface area contributed by atoms with Gasteiger partial charge in [-0.1, -0.05) is 91.0 Å². The van der Waals surface area contributed by atoms with Crippen LogP contribution in [0.4, 0.5) is 9.59 Å². The van der Waals surface area contributed by atoms with Crippen molar-refractivity contribution >= 4 is 35.8 Å². The van der Waals surface area contributed by atoms with Gasteiger partial charge in [-0.3, -0.25) is 15.0 Å². The molecule has 0 saturated carbocycles. The van der Waals surface area contributed by atoms with Crippen LogP contribution in [-0.4, -0.2) is 68.8 Å². The third-order valence-electron chi connectivity index (χ3n) is 7.18. The number of guanidine groups is 1. The molecule has 13 nitrogen and oxygen atoms in total. The second-order valence-corrected chi connectivity index (χ2v) is 10.4. The predicted octanol–water partition coefficient (Wildman–Crippen LogP) is 3.45. The van der Waals surface area contributed by atoms with Crippen LogP contribution in [0.25, 0.3) is 0 Å². The molecule has 0 bridgehead atoms. The lowest BCUT2D eigenvalue weighted by Crippen LogP contribution is -2.66. The topological polar surface area (TPSA) is 206 Å². The summed E-state index contributed by atoms with van der Waals surface area (Å²) in [5, 5.41) is 18.3. The Bertz CT molecular complexity index is 1500. The van der Waals surface area contributed by atoms with E-state index >= 15 is 0 Å². The molecule has 3 rings (SSSR count). The SMILES string of the molecule is CC(=O)[C@](CCCN(C(=N)N)C(=O)OCc1ccccc1)(C(=O)O)N(C(=O)OCc1ccccc1)C(=O)[C@@H](N)Cc1ccccc1. The van der Waals surface area contributed by atoms with Gasteiger partial charge in [-0.25, -0.2) is 24.2 Å². The standard InChI is InChI=1S/C33H37N5O8/c1-23(39)33(29(41)42,18-11-19-37(30(35)36)31(43)45-21-25-14-7-3-8-15-25)38(32(44)46-22-26-16-9-4-10-17-26)28(40)27(34)20-24-12-5-2-6-13-24/h2-10,12-17,27H,11,18-22,34H2,1H3,(H3,35,36)(H,41,42)/t27-,33+/m0/s1. The number of rotatable bonds is 14. The number of carbonyl (C=O) groups is 5. The van der Waals surface area contributed by atoms with Gasteiger partial charge >= 0.3 is 18.2 Å². The number of nitrogens with two attached hydrogens (primary N) is 2. The van der Waals surface area contributed by atoms with Gasteiger partial charge in [0.1, 0.15) is 13.2 Å². The Morgan fingerprint density at radius 1 is 0.804 bits per heavy atom. The Kier molecular flexibility index (Phi) is 12.5. The molecule has 0 spiro atoms. The maximum absolute atomic E-state index is 13.8. The van der Waals surface area contributed by atoms with Crippen LogP contribution < -0.4 is 11.5 Å². The molecule has 0 heterocycles. The molecule has 2 atom stereocenters. The quantitative estimate of drug-likeness (QED) is 0.116. The van der Waals surface area contributed by atoms with Crippen LogP contribution in [-0.2, 0) is 43.5 Å². The average Bonchev–Trinajstić information content (AvgIpc) is 3.04. The number of benzene rings is 3. The highest BCUT2D eigenvalue weighted by molar-refractivity contribution is 6.14. The van der Waals surface area contributed by atoms with Crippen LogP contribution in [0.15, 0.2) is 91.0 Å². The summed E-state index contributed by atoms with van der Waals surface area (Å²) in [6, 6.07) is 24.4. The molecule has 0 aliphatic heterocycles. The molecule has 0 aliphatic carbocycles. The fourth-order valence-electron chi connectivity index (χ4n) is 4.74. The normalized spacial score (nSPS) is 12.6. The molecule has 0 fully saturated rings. The lowest BCUT2D eigenvalue weighted by molar-refractivity contribution is -0.163. The number of hydrogen-bond donors (Lipinski definition) is 4. The highest BCUT2D eigenvalue weighted by Crippen LogP contribution is 2.28. The first-order chi connectivity index (χ1) is 22.0. The molecule has 0 unspecified atom stereocenters. The number of ketones is 1. The van der Waals surface area contributed by atoms with Crippen molar-refractivity contribution in [2.24, 2.45) is 11.5 Å². The van der Waals surface area contributed by atoms with E-state index in [2.05, 4.69) is 0 Å². The third kappa shape index (κ3) is 8.99. The minimum atomic E-state index is -2.77. The Hall–Kier alpha value is -5.56. The van der Waals surface area contributed by atoms with Crippen molar-refractivity contribution < 1.29 is 38.6 Å². The molecule has 0 radical (unpaired) electrons. The second kappa shape index (κ2) is 16.5. The fraction of sp³-hybridized carbons (Fsp3) is 0.273. The van der Waals surface area contributed by atoms with E-state index in [1.54, 1.807) is 91.0 Å². The first kappa shape index (κ1) is 34.9. The molecule has 46 heavy (non-hydrogen) atoms. The lowest BCUT2D eigenvalue weighted by atomic mass is 9.86. The predicted molar refractivity (Wildman–Crippen MR) is 167 cm³/mol. The summed E-state index contributed by atoms with van der Waals surface area (Å²) in [7, 11) is 0. The number of aliphatic carboxylic acids is 1. The van der Waals surface area contributed by atoms with Crippen molar-refractivity contribution in [2.75, 3.05) is 6.54 Å². The molecule has 0 aliphatic rings. The maximum Gasteiger partial charge on any atom is 0.418 e. The monoisotopic (exact) mass is 631 g/mol. The van der Waals surface area contributed by atoms with Crippen LogP contribution in [0.5, 0.6) is 0 Å². The van der Waals surface area contributed by atoms with E-state index in [0.717, 1.165) is 11.8 Å². The van der Waals surface area contributed by atoms with E-state index < -0.39 is 53.8 Å². The number of nitrogens with zero attached hydrogens (tertiary/aromatic N) is 2. The molecule has 13 heteroatoms. The van der Waals surface area contributed by atoms with Gasteiger partial charge in [-0.05, 0) is 42.9 Å². The van der Waals surface area contributed by atoms with E-state index in [1.165, 1.54) is 0 Å². The molecule has 3 aromatic carbocycles. The zero-order valence-electron chi connectivity index (χ0n) is 25.3. The first-order valence-corrected chi connectivity index (χ1v) is 14.4. The van der Waals surface area contributed by atoms with Crippen molar-refractivity contribution in [3.05, 3.63) is 108 Å². The summed E-state index contributed by atoms with van der Waals surface area (Å²) >= 11 is 0. The largest absolute Gasteiger partial charge is 0.479 e. The van der Waals surface area contributed by atoms with Crippen LogP contribution in [0.2, 0.25) is 0 Å². The number of hydrogen-bond acceptors (Lipinski definition) is 9. The highest BCUT2D eigenvalue weighted by atomic mass is 16.6. The first-order valence-electron chi connectivity index (χ1n) is 14.4. The molecular formula is C33H37N5O8. The molecule has 242 valence electrons. The zero-order valence-corrected chi connectivity index (χ0v) is 25.3. The van der Waals surface area contributed by atoms with Gasteiger partial charge in [0.25, 0.3) is 5.91 Å². The van der Waals surface area contributed by atoms with E-state index in [9.17, 15) is 29.1 Å². The van der Waals surface area contributed by atoms with Gasteiger partial charge in [0, 0.05) is 6.54 Å². The minimum Gasteiger partial charge on any atom is -0.479 e. The van der Waals surface area contributed by atoms with E-state index in [0.29, 0.717) is 16.7 Å². The van der Waals surface area contributed by atoms with Crippen molar-refractivity contribution in [3.8, 4) is 0 Å². The van der Waals surface area contributed by atoms with Crippen molar-refractivity contribution in [1.82, 2.24) is 9.80 Å². The summed E-state index contributed by atoms with van der Waals surface area (Å²) in [5.41, 5.74) is 10.9. The number of ether oxygens (including phenoxy) is 2. The zero-order chi connectivity index (χ0) is 33.7. The maximum atomic E-state index is 13.8. The lowest BCUT2D eigenvalue weighted by Gasteiger charge is -2.38. The van der Waals surface area contributed by atoms with E-state index in [4.69, 9.17) is 26.4 Å². The summed E-state index contributed by atoms with van der Waals surface area (Å²) in [5.74, 6) is -4.71.